The molecule has 0 fully saturated rings. The van der Waals surface area contributed by atoms with Crippen LogP contribution < -0.4 is 4.74 Å². The number of hydrogen-bond donors (Lipinski definition) is 1. The van der Waals surface area contributed by atoms with Crippen molar-refractivity contribution < 1.29 is 9.94 Å². The van der Waals surface area contributed by atoms with Gasteiger partial charge in [-0.1, -0.05) is 47.1 Å². The number of rotatable bonds is 4. The van der Waals surface area contributed by atoms with Crippen molar-refractivity contribution in [2.75, 3.05) is 0 Å². The summed E-state index contributed by atoms with van der Waals surface area (Å²) in [5.74, 6) is 0.814. The molecule has 4 nitrogen and oxygen atoms in total. The lowest BCUT2D eigenvalue weighted by Gasteiger charge is -2.07. The van der Waals surface area contributed by atoms with Gasteiger partial charge in [0.2, 0.25) is 0 Å². The molecule has 2 aromatic rings. The standard InChI is InChI=1S/C16H14N2O2/c1-12-2-8-15(9-3-12)20-11-13-4-6-14(7-5-13)16(10-17)18-19/h2-9,19H,11H2,1H3/b18-16-. The maximum atomic E-state index is 8.76. The predicted octanol–water partition coefficient (Wildman–Crippen LogP) is 3.28. The SMILES string of the molecule is Cc1ccc(OCc2ccc(/C(C#N)=N\O)cc2)cc1. The van der Waals surface area contributed by atoms with Gasteiger partial charge in [-0.25, -0.2) is 0 Å². The third kappa shape index (κ3) is 3.36. The van der Waals surface area contributed by atoms with Crippen LogP contribution in [0, 0.1) is 18.3 Å². The lowest BCUT2D eigenvalue weighted by Crippen LogP contribution is -1.99. The summed E-state index contributed by atoms with van der Waals surface area (Å²) in [6, 6.07) is 16.8. The van der Waals surface area contributed by atoms with Crippen molar-refractivity contribution in [2.45, 2.75) is 13.5 Å². The lowest BCUT2D eigenvalue weighted by atomic mass is 10.1. The molecule has 0 amide bonds. The second-order valence-corrected chi connectivity index (χ2v) is 4.36. The first-order chi connectivity index (χ1) is 9.72. The second kappa shape index (κ2) is 6.39. The van der Waals surface area contributed by atoms with Gasteiger partial charge in [-0.05, 0) is 24.6 Å². The van der Waals surface area contributed by atoms with Crippen LogP contribution in [-0.4, -0.2) is 10.9 Å². The minimum Gasteiger partial charge on any atom is -0.489 e. The second-order valence-electron chi connectivity index (χ2n) is 4.36. The summed E-state index contributed by atoms with van der Waals surface area (Å²) < 4.78 is 5.66. The first kappa shape index (κ1) is 13.6. The number of aryl methyl sites for hydroxylation is 1. The van der Waals surface area contributed by atoms with E-state index in [4.69, 9.17) is 15.2 Å². The van der Waals surface area contributed by atoms with Crippen molar-refractivity contribution in [3.8, 4) is 11.8 Å². The van der Waals surface area contributed by atoms with Crippen molar-refractivity contribution >= 4 is 5.71 Å². The van der Waals surface area contributed by atoms with E-state index in [1.165, 1.54) is 5.56 Å². The summed E-state index contributed by atoms with van der Waals surface area (Å²) in [4.78, 5) is 0. The molecular formula is C16H14N2O2. The summed E-state index contributed by atoms with van der Waals surface area (Å²) in [6.07, 6.45) is 0. The molecule has 2 aromatic carbocycles. The van der Waals surface area contributed by atoms with Crippen LogP contribution in [0.3, 0.4) is 0 Å². The fourth-order valence-electron chi connectivity index (χ4n) is 1.70. The lowest BCUT2D eigenvalue weighted by molar-refractivity contribution is 0.306. The minimum absolute atomic E-state index is 0.00370. The average molecular weight is 266 g/mol. The number of benzene rings is 2. The van der Waals surface area contributed by atoms with Crippen LogP contribution in [0.1, 0.15) is 16.7 Å². The summed E-state index contributed by atoms with van der Waals surface area (Å²) in [7, 11) is 0. The van der Waals surface area contributed by atoms with Gasteiger partial charge in [0.05, 0.1) is 0 Å². The van der Waals surface area contributed by atoms with Gasteiger partial charge >= 0.3 is 0 Å². The van der Waals surface area contributed by atoms with Gasteiger partial charge in [-0.2, -0.15) is 5.26 Å². The van der Waals surface area contributed by atoms with Gasteiger partial charge in [-0.3, -0.25) is 0 Å². The largest absolute Gasteiger partial charge is 0.489 e. The zero-order valence-electron chi connectivity index (χ0n) is 11.1. The number of oxime groups is 1. The van der Waals surface area contributed by atoms with Crippen LogP contribution in [0.15, 0.2) is 53.7 Å². The van der Waals surface area contributed by atoms with Crippen molar-refractivity contribution in [1.29, 1.82) is 5.26 Å². The molecule has 0 unspecified atom stereocenters. The Morgan fingerprint density at radius 1 is 1.15 bits per heavy atom. The molecule has 0 radical (unpaired) electrons. The van der Waals surface area contributed by atoms with Crippen LogP contribution in [0.25, 0.3) is 0 Å². The summed E-state index contributed by atoms with van der Waals surface area (Å²) in [6.45, 7) is 2.47. The van der Waals surface area contributed by atoms with Crippen LogP contribution in [-0.2, 0) is 6.61 Å². The third-order valence-corrected chi connectivity index (χ3v) is 2.86. The molecule has 2 rings (SSSR count). The summed E-state index contributed by atoms with van der Waals surface area (Å²) in [5.41, 5.74) is 2.74. The van der Waals surface area contributed by atoms with E-state index >= 15 is 0 Å². The molecule has 0 aromatic heterocycles. The maximum absolute atomic E-state index is 8.76. The van der Waals surface area contributed by atoms with Gasteiger partial charge < -0.3 is 9.94 Å². The molecular weight excluding hydrogens is 252 g/mol. The predicted molar refractivity (Wildman–Crippen MR) is 75.9 cm³/mol. The Kier molecular flexibility index (Phi) is 4.35. The summed E-state index contributed by atoms with van der Waals surface area (Å²) in [5, 5.41) is 20.4. The topological polar surface area (TPSA) is 65.6 Å². The van der Waals surface area contributed by atoms with E-state index in [1.54, 1.807) is 12.1 Å². The highest BCUT2D eigenvalue weighted by Gasteiger charge is 2.03. The first-order valence-corrected chi connectivity index (χ1v) is 6.14. The average Bonchev–Trinajstić information content (AvgIpc) is 2.49. The van der Waals surface area contributed by atoms with Crippen molar-refractivity contribution in [1.82, 2.24) is 0 Å². The zero-order valence-corrected chi connectivity index (χ0v) is 11.1. The maximum Gasteiger partial charge on any atom is 0.186 e. The van der Waals surface area contributed by atoms with Crippen molar-refractivity contribution in [3.63, 3.8) is 0 Å². The smallest absolute Gasteiger partial charge is 0.186 e. The van der Waals surface area contributed by atoms with E-state index in [9.17, 15) is 0 Å². The Morgan fingerprint density at radius 2 is 1.80 bits per heavy atom. The molecule has 0 saturated carbocycles. The number of ether oxygens (including phenoxy) is 1. The van der Waals surface area contributed by atoms with E-state index < -0.39 is 0 Å². The Hall–Kier alpha value is -2.80. The molecule has 0 aliphatic rings. The minimum atomic E-state index is -0.00370. The molecule has 0 bridgehead atoms. The van der Waals surface area contributed by atoms with E-state index in [-0.39, 0.29) is 5.71 Å². The van der Waals surface area contributed by atoms with Gasteiger partial charge in [0.1, 0.15) is 18.4 Å². The molecule has 100 valence electrons. The van der Waals surface area contributed by atoms with Crippen molar-refractivity contribution in [3.05, 3.63) is 65.2 Å². The fourth-order valence-corrected chi connectivity index (χ4v) is 1.70. The Morgan fingerprint density at radius 3 is 2.35 bits per heavy atom. The molecule has 1 N–H and O–H groups in total. The molecule has 4 heteroatoms. The molecule has 0 aliphatic heterocycles. The molecule has 0 aliphatic carbocycles. The van der Waals surface area contributed by atoms with Crippen LogP contribution >= 0.6 is 0 Å². The quantitative estimate of drug-likeness (QED) is 0.524. The Bertz CT molecular complexity index is 638. The van der Waals surface area contributed by atoms with Crippen LogP contribution in [0.2, 0.25) is 0 Å². The highest BCUT2D eigenvalue weighted by atomic mass is 16.5. The van der Waals surface area contributed by atoms with Gasteiger partial charge in [0.25, 0.3) is 0 Å². The van der Waals surface area contributed by atoms with Gasteiger partial charge in [0.15, 0.2) is 5.71 Å². The highest BCUT2D eigenvalue weighted by Crippen LogP contribution is 2.14. The zero-order chi connectivity index (χ0) is 14.4. The van der Waals surface area contributed by atoms with Gasteiger partial charge in [-0.15, -0.1) is 0 Å². The number of nitrogens with zero attached hydrogens (tertiary/aromatic N) is 2. The molecule has 0 saturated heterocycles. The van der Waals surface area contributed by atoms with E-state index in [1.807, 2.05) is 49.4 Å². The fraction of sp³-hybridized carbons (Fsp3) is 0.125. The third-order valence-electron chi connectivity index (χ3n) is 2.86. The van der Waals surface area contributed by atoms with Gasteiger partial charge in [0, 0.05) is 5.56 Å². The van der Waals surface area contributed by atoms with Crippen molar-refractivity contribution in [2.24, 2.45) is 5.16 Å². The molecule has 0 atom stereocenters. The molecule has 0 spiro atoms. The van der Waals surface area contributed by atoms with Crippen LogP contribution in [0.5, 0.6) is 5.75 Å². The van der Waals surface area contributed by atoms with E-state index in [2.05, 4.69) is 5.16 Å². The Balaban J connectivity index is 2.01. The number of nitriles is 1. The van der Waals surface area contributed by atoms with Crippen LogP contribution in [0.4, 0.5) is 0 Å². The molecule has 0 heterocycles. The first-order valence-electron chi connectivity index (χ1n) is 6.14. The van der Waals surface area contributed by atoms with E-state index in [0.717, 1.165) is 11.3 Å². The highest BCUT2D eigenvalue weighted by molar-refractivity contribution is 6.11. The number of hydrogen-bond acceptors (Lipinski definition) is 4. The monoisotopic (exact) mass is 266 g/mol. The Labute approximate surface area is 117 Å². The molecule has 20 heavy (non-hydrogen) atoms. The summed E-state index contributed by atoms with van der Waals surface area (Å²) >= 11 is 0. The van der Waals surface area contributed by atoms with E-state index in [0.29, 0.717) is 12.2 Å². The normalized spacial score (nSPS) is 10.9.